The smallest absolute Gasteiger partial charge is 0.332 e. The van der Waals surface area contributed by atoms with Gasteiger partial charge in [-0.2, -0.15) is 0 Å². The van der Waals surface area contributed by atoms with Gasteiger partial charge in [-0.05, 0) is 49.7 Å². The lowest BCUT2D eigenvalue weighted by Crippen LogP contribution is -2.26. The van der Waals surface area contributed by atoms with E-state index in [2.05, 4.69) is 20.3 Å². The third kappa shape index (κ3) is 4.50. The van der Waals surface area contributed by atoms with Gasteiger partial charge in [-0.3, -0.25) is 4.79 Å². The van der Waals surface area contributed by atoms with Crippen molar-refractivity contribution in [2.75, 3.05) is 20.3 Å². The molecule has 1 amide bonds. The lowest BCUT2D eigenvalue weighted by atomic mass is 10.2. The van der Waals surface area contributed by atoms with Crippen LogP contribution in [0, 0.1) is 0 Å². The first kappa shape index (κ1) is 23.0. The summed E-state index contributed by atoms with van der Waals surface area (Å²) in [6.45, 7) is 5.02. The number of carbonyl (C=O) groups excluding carboxylic acids is 1. The minimum absolute atomic E-state index is 0.107. The molecule has 0 atom stereocenters. The van der Waals surface area contributed by atoms with Crippen LogP contribution < -0.4 is 20.5 Å². The van der Waals surface area contributed by atoms with E-state index in [9.17, 15) is 9.59 Å². The Morgan fingerprint density at radius 2 is 1.85 bits per heavy atom. The second-order valence-electron chi connectivity index (χ2n) is 7.60. The van der Waals surface area contributed by atoms with Crippen LogP contribution in [-0.2, 0) is 0 Å². The van der Waals surface area contributed by atoms with Crippen molar-refractivity contribution in [3.63, 3.8) is 0 Å². The normalized spacial score (nSPS) is 10.9. The molecule has 0 fully saturated rings. The van der Waals surface area contributed by atoms with Gasteiger partial charge >= 0.3 is 5.69 Å². The number of H-pyrrole nitrogens is 1. The van der Waals surface area contributed by atoms with Crippen LogP contribution in [0.3, 0.4) is 0 Å². The highest BCUT2D eigenvalue weighted by atomic mass is 16.5. The molecule has 0 unspecified atom stereocenters. The number of hydrogen-bond donors (Lipinski definition) is 2. The fourth-order valence-electron chi connectivity index (χ4n) is 3.65. The maximum atomic E-state index is 13.1. The highest BCUT2D eigenvalue weighted by Crippen LogP contribution is 2.27. The molecule has 9 heteroatoms. The fourth-order valence-corrected chi connectivity index (χ4v) is 3.65. The largest absolute Gasteiger partial charge is 0.495 e. The van der Waals surface area contributed by atoms with E-state index in [0.717, 1.165) is 18.6 Å². The summed E-state index contributed by atoms with van der Waals surface area (Å²) < 4.78 is 12.4. The minimum Gasteiger partial charge on any atom is -0.495 e. The Hall–Kier alpha value is -4.14. The second kappa shape index (κ2) is 10.2. The number of fused-ring (bicyclic) bond motifs is 1. The molecular weight excluding hydrogens is 434 g/mol. The molecule has 2 heterocycles. The third-order valence-electron chi connectivity index (χ3n) is 5.32. The SMILES string of the molecule is CCCCNC(=O)c1nc(-c2ccc(OCC)cc2)nc2c1[nH]c(=O)n2-c1ccccc1OC. The lowest BCUT2D eigenvalue weighted by Gasteiger charge is -2.11. The zero-order chi connectivity index (χ0) is 24.1. The van der Waals surface area contributed by atoms with Crippen LogP contribution in [0.2, 0.25) is 0 Å². The molecule has 4 aromatic rings. The highest BCUT2D eigenvalue weighted by molar-refractivity contribution is 6.03. The van der Waals surface area contributed by atoms with Gasteiger partial charge in [0.2, 0.25) is 0 Å². The predicted octanol–water partition coefficient (Wildman–Crippen LogP) is 3.71. The average Bonchev–Trinajstić information content (AvgIpc) is 3.19. The summed E-state index contributed by atoms with van der Waals surface area (Å²) in [6, 6.07) is 14.4. The highest BCUT2D eigenvalue weighted by Gasteiger charge is 2.22. The summed E-state index contributed by atoms with van der Waals surface area (Å²) in [5.74, 6) is 1.17. The number of nitrogens with zero attached hydrogens (tertiary/aromatic N) is 3. The van der Waals surface area contributed by atoms with E-state index in [4.69, 9.17) is 9.47 Å². The van der Waals surface area contributed by atoms with Crippen LogP contribution in [0.5, 0.6) is 11.5 Å². The lowest BCUT2D eigenvalue weighted by molar-refractivity contribution is 0.0950. The van der Waals surface area contributed by atoms with E-state index in [0.29, 0.717) is 36.0 Å². The van der Waals surface area contributed by atoms with E-state index in [1.165, 1.54) is 11.7 Å². The molecule has 2 aromatic heterocycles. The first-order valence-electron chi connectivity index (χ1n) is 11.2. The van der Waals surface area contributed by atoms with Crippen LogP contribution in [0.15, 0.2) is 53.3 Å². The maximum Gasteiger partial charge on any atom is 0.332 e. The second-order valence-corrected chi connectivity index (χ2v) is 7.60. The van der Waals surface area contributed by atoms with Gasteiger partial charge in [0.15, 0.2) is 17.2 Å². The Morgan fingerprint density at radius 1 is 1.09 bits per heavy atom. The van der Waals surface area contributed by atoms with Crippen molar-refractivity contribution in [1.82, 2.24) is 24.8 Å². The zero-order valence-corrected chi connectivity index (χ0v) is 19.4. The summed E-state index contributed by atoms with van der Waals surface area (Å²) in [7, 11) is 1.53. The standard InChI is InChI=1S/C25H27N5O4/c1-4-6-15-26-24(31)21-20-23(29-22(27-21)16-11-13-17(14-12-16)34-5-2)30(25(32)28-20)18-9-7-8-10-19(18)33-3/h7-14H,4-6,15H2,1-3H3,(H,26,31)(H,28,32). The number of ether oxygens (including phenoxy) is 2. The maximum absolute atomic E-state index is 13.1. The Labute approximate surface area is 196 Å². The van der Waals surface area contributed by atoms with Crippen molar-refractivity contribution in [2.24, 2.45) is 0 Å². The molecule has 0 aliphatic carbocycles. The molecule has 0 radical (unpaired) electrons. The van der Waals surface area contributed by atoms with Crippen molar-refractivity contribution in [1.29, 1.82) is 0 Å². The summed E-state index contributed by atoms with van der Waals surface area (Å²) in [6.07, 6.45) is 1.78. The van der Waals surface area contributed by atoms with Crippen LogP contribution in [0.25, 0.3) is 28.2 Å². The number of aromatic amines is 1. The molecular formula is C25H27N5O4. The Morgan fingerprint density at radius 3 is 2.56 bits per heavy atom. The van der Waals surface area contributed by atoms with Gasteiger partial charge in [-0.15, -0.1) is 0 Å². The molecule has 34 heavy (non-hydrogen) atoms. The third-order valence-corrected chi connectivity index (χ3v) is 5.32. The van der Waals surface area contributed by atoms with Crippen LogP contribution in [0.4, 0.5) is 0 Å². The van der Waals surface area contributed by atoms with Crippen LogP contribution in [0.1, 0.15) is 37.2 Å². The van der Waals surface area contributed by atoms with Gasteiger partial charge < -0.3 is 19.8 Å². The molecule has 0 bridgehead atoms. The van der Waals surface area contributed by atoms with Crippen molar-refractivity contribution in [3.8, 4) is 28.6 Å². The van der Waals surface area contributed by atoms with E-state index < -0.39 is 5.69 Å². The first-order valence-corrected chi connectivity index (χ1v) is 11.2. The Bertz CT molecular complexity index is 1360. The van der Waals surface area contributed by atoms with Crippen molar-refractivity contribution < 1.29 is 14.3 Å². The minimum atomic E-state index is -0.444. The summed E-state index contributed by atoms with van der Waals surface area (Å²) in [5, 5.41) is 2.88. The number of para-hydroxylation sites is 2. The monoisotopic (exact) mass is 461 g/mol. The summed E-state index contributed by atoms with van der Waals surface area (Å²) in [5.41, 5.74) is 1.41. The number of unbranched alkanes of at least 4 members (excludes halogenated alkanes) is 1. The number of imidazole rings is 1. The van der Waals surface area contributed by atoms with Gasteiger partial charge in [0.25, 0.3) is 5.91 Å². The van der Waals surface area contributed by atoms with Gasteiger partial charge in [-0.25, -0.2) is 19.3 Å². The Kier molecular flexibility index (Phi) is 6.91. The van der Waals surface area contributed by atoms with Gasteiger partial charge in [0.05, 0.1) is 19.4 Å². The van der Waals surface area contributed by atoms with Gasteiger partial charge in [-0.1, -0.05) is 25.5 Å². The fraction of sp³-hybridized carbons (Fsp3) is 0.280. The van der Waals surface area contributed by atoms with Gasteiger partial charge in [0.1, 0.15) is 17.0 Å². The van der Waals surface area contributed by atoms with E-state index >= 15 is 0 Å². The number of hydrogen-bond acceptors (Lipinski definition) is 6. The molecule has 0 saturated heterocycles. The molecule has 0 spiro atoms. The molecule has 0 aliphatic rings. The van der Waals surface area contributed by atoms with Crippen LogP contribution in [-0.4, -0.2) is 45.7 Å². The number of aromatic nitrogens is 4. The molecule has 0 saturated carbocycles. The van der Waals surface area contributed by atoms with E-state index in [1.54, 1.807) is 18.2 Å². The number of methoxy groups -OCH3 is 1. The quantitative estimate of drug-likeness (QED) is 0.368. The van der Waals surface area contributed by atoms with Crippen LogP contribution >= 0.6 is 0 Å². The molecule has 0 aliphatic heterocycles. The van der Waals surface area contributed by atoms with Gasteiger partial charge in [0, 0.05) is 12.1 Å². The molecule has 4 rings (SSSR count). The number of carbonyl (C=O) groups is 1. The zero-order valence-electron chi connectivity index (χ0n) is 19.4. The van der Waals surface area contributed by atoms with Crippen molar-refractivity contribution >= 4 is 17.1 Å². The average molecular weight is 462 g/mol. The van der Waals surface area contributed by atoms with Crippen molar-refractivity contribution in [2.45, 2.75) is 26.7 Å². The van der Waals surface area contributed by atoms with E-state index in [-0.39, 0.29) is 22.8 Å². The number of benzene rings is 2. The molecule has 176 valence electrons. The summed E-state index contributed by atoms with van der Waals surface area (Å²) >= 11 is 0. The summed E-state index contributed by atoms with van der Waals surface area (Å²) in [4.78, 5) is 38.1. The number of nitrogens with one attached hydrogen (secondary N) is 2. The number of amides is 1. The molecule has 2 N–H and O–H groups in total. The first-order chi connectivity index (χ1) is 16.6. The van der Waals surface area contributed by atoms with E-state index in [1.807, 2.05) is 44.2 Å². The topological polar surface area (TPSA) is 111 Å². The molecule has 2 aromatic carbocycles. The predicted molar refractivity (Wildman–Crippen MR) is 130 cm³/mol. The van der Waals surface area contributed by atoms with Crippen molar-refractivity contribution in [3.05, 3.63) is 64.7 Å². The number of rotatable bonds is 9. The Balaban J connectivity index is 1.92. The molecule has 9 nitrogen and oxygen atoms in total.